The van der Waals surface area contributed by atoms with Crippen molar-refractivity contribution in [3.05, 3.63) is 48.6 Å². The van der Waals surface area contributed by atoms with Crippen LogP contribution in [0.4, 0.5) is 0 Å². The maximum atomic E-state index is 12.1. The van der Waals surface area contributed by atoms with E-state index < -0.39 is 0 Å². The second-order valence-electron chi connectivity index (χ2n) is 13.0. The van der Waals surface area contributed by atoms with Crippen LogP contribution in [0.25, 0.3) is 0 Å². The number of allylic oxidation sites excluding steroid dienone is 8. The molecule has 0 spiro atoms. The van der Waals surface area contributed by atoms with Crippen molar-refractivity contribution in [2.45, 2.75) is 187 Å². The topological polar surface area (TPSA) is 41.5 Å². The van der Waals surface area contributed by atoms with Gasteiger partial charge >= 0.3 is 0 Å². The van der Waals surface area contributed by atoms with Gasteiger partial charge in [0.2, 0.25) is 5.91 Å². The third-order valence-electron chi connectivity index (χ3n) is 8.89. The summed E-state index contributed by atoms with van der Waals surface area (Å²) in [5.41, 5.74) is 1.11. The molecule has 260 valence electrons. The summed E-state index contributed by atoms with van der Waals surface area (Å²) in [6.45, 7) is 4.52. The van der Waals surface area contributed by atoms with Gasteiger partial charge < -0.3 is 5.32 Å². The minimum atomic E-state index is 0.0923. The number of aliphatic imine (C=N–C) groups is 1. The number of amides is 1. The molecule has 0 rings (SSSR count). The molecule has 0 aliphatic heterocycles. The lowest BCUT2D eigenvalue weighted by Crippen LogP contribution is -2.25. The van der Waals surface area contributed by atoms with Crippen LogP contribution in [0.3, 0.4) is 0 Å². The molecule has 0 radical (unpaired) electrons. The molecule has 45 heavy (non-hydrogen) atoms. The second kappa shape index (κ2) is 36.6. The Balaban J connectivity index is 4.06. The maximum Gasteiger partial charge on any atom is 0.225 e. The molecule has 0 fully saturated rings. The molecular formula is C42H76N2O. The Kier molecular flexibility index (Phi) is 35.0. The van der Waals surface area contributed by atoms with E-state index in [0.717, 1.165) is 18.6 Å². The van der Waals surface area contributed by atoms with Gasteiger partial charge in [-0.2, -0.15) is 0 Å². The zero-order chi connectivity index (χ0) is 32.9. The molecule has 3 heteroatoms. The van der Waals surface area contributed by atoms with Gasteiger partial charge in [0.25, 0.3) is 0 Å². The number of hydrogen-bond donors (Lipinski definition) is 1. The Morgan fingerprint density at radius 3 is 1.24 bits per heavy atom. The largest absolute Gasteiger partial charge is 0.359 e. The Labute approximate surface area is 282 Å². The average molecular weight is 625 g/mol. The molecule has 0 saturated heterocycles. The number of carbonyl (C=O) groups is 1. The summed E-state index contributed by atoms with van der Waals surface area (Å²) in [6, 6.07) is 0. The molecule has 0 heterocycles. The Bertz CT molecular complexity index is 728. The highest BCUT2D eigenvalue weighted by atomic mass is 16.1. The summed E-state index contributed by atoms with van der Waals surface area (Å²) in [5, 5.41) is 2.80. The Hall–Kier alpha value is -1.90. The van der Waals surface area contributed by atoms with Crippen molar-refractivity contribution in [2.75, 3.05) is 14.1 Å². The zero-order valence-electron chi connectivity index (χ0n) is 30.6. The molecule has 0 atom stereocenters. The van der Waals surface area contributed by atoms with Crippen molar-refractivity contribution < 1.29 is 4.79 Å². The van der Waals surface area contributed by atoms with Gasteiger partial charge in [-0.3, -0.25) is 9.79 Å². The van der Waals surface area contributed by atoms with Crippen molar-refractivity contribution in [1.29, 1.82) is 0 Å². The van der Waals surface area contributed by atoms with Gasteiger partial charge in [0, 0.05) is 19.8 Å². The van der Waals surface area contributed by atoms with Crippen LogP contribution in [0.2, 0.25) is 0 Å². The fourth-order valence-electron chi connectivity index (χ4n) is 5.89. The number of carbonyl (C=O) groups excluding carboxylic acids is 1. The van der Waals surface area contributed by atoms with E-state index in [-0.39, 0.29) is 5.91 Å². The Morgan fingerprint density at radius 1 is 0.533 bits per heavy atom. The van der Waals surface area contributed by atoms with E-state index in [0.29, 0.717) is 12.3 Å². The summed E-state index contributed by atoms with van der Waals surface area (Å²) in [5.74, 6) is 0.554. The van der Waals surface area contributed by atoms with Crippen LogP contribution < -0.4 is 5.32 Å². The number of rotatable bonds is 33. The van der Waals surface area contributed by atoms with Crippen molar-refractivity contribution >= 4 is 11.6 Å². The molecular weight excluding hydrogens is 548 g/mol. The number of unbranched alkanes of at least 4 members (excludes halogenated alkanes) is 18. The zero-order valence-corrected chi connectivity index (χ0v) is 30.6. The van der Waals surface area contributed by atoms with Gasteiger partial charge in [-0.25, -0.2) is 0 Å². The van der Waals surface area contributed by atoms with Crippen LogP contribution in [0.15, 0.2) is 53.6 Å². The molecule has 0 aromatic carbocycles. The fraction of sp³-hybridized carbons (Fsp3) is 0.762. The quantitative estimate of drug-likeness (QED) is 0.0440. The molecule has 0 unspecified atom stereocenters. The number of nitrogens with one attached hydrogen (secondary N) is 1. The fourth-order valence-corrected chi connectivity index (χ4v) is 5.89. The summed E-state index contributed by atoms with van der Waals surface area (Å²) in [6.07, 6.45) is 52.4. The highest BCUT2D eigenvalue weighted by Crippen LogP contribution is 2.22. The number of hydrogen-bond acceptors (Lipinski definition) is 2. The van der Waals surface area contributed by atoms with Gasteiger partial charge in [0.15, 0.2) is 0 Å². The summed E-state index contributed by atoms with van der Waals surface area (Å²) < 4.78 is 0. The van der Waals surface area contributed by atoms with Gasteiger partial charge in [0.05, 0.1) is 6.42 Å². The average Bonchev–Trinajstić information content (AvgIpc) is 3.05. The van der Waals surface area contributed by atoms with Crippen LogP contribution >= 0.6 is 0 Å². The molecule has 0 aliphatic carbocycles. The molecule has 1 N–H and O–H groups in total. The van der Waals surface area contributed by atoms with E-state index >= 15 is 0 Å². The van der Waals surface area contributed by atoms with E-state index in [1.54, 1.807) is 7.05 Å². The second-order valence-corrected chi connectivity index (χ2v) is 13.0. The normalized spacial score (nSPS) is 12.7. The van der Waals surface area contributed by atoms with E-state index in [9.17, 15) is 4.79 Å². The highest BCUT2D eigenvalue weighted by Gasteiger charge is 2.17. The molecule has 1 amide bonds. The van der Waals surface area contributed by atoms with Crippen molar-refractivity contribution in [3.63, 3.8) is 0 Å². The first-order valence-corrected chi connectivity index (χ1v) is 19.5. The third-order valence-corrected chi connectivity index (χ3v) is 8.89. The van der Waals surface area contributed by atoms with E-state index in [4.69, 9.17) is 0 Å². The molecule has 3 nitrogen and oxygen atoms in total. The van der Waals surface area contributed by atoms with Crippen molar-refractivity contribution in [3.8, 4) is 0 Å². The van der Waals surface area contributed by atoms with Gasteiger partial charge in [-0.05, 0) is 83.0 Å². The van der Waals surface area contributed by atoms with E-state index in [2.05, 4.69) is 72.8 Å². The number of nitrogens with zero attached hydrogens (tertiary/aromatic N) is 1. The molecule has 0 aliphatic rings. The first-order valence-electron chi connectivity index (χ1n) is 19.5. The van der Waals surface area contributed by atoms with Crippen molar-refractivity contribution in [2.24, 2.45) is 10.9 Å². The van der Waals surface area contributed by atoms with Gasteiger partial charge in [-0.1, -0.05) is 152 Å². The van der Waals surface area contributed by atoms with Crippen LogP contribution in [0.1, 0.15) is 187 Å². The highest BCUT2D eigenvalue weighted by molar-refractivity contribution is 6.02. The monoisotopic (exact) mass is 625 g/mol. The van der Waals surface area contributed by atoms with Gasteiger partial charge in [-0.15, -0.1) is 0 Å². The molecule has 0 aromatic heterocycles. The molecule has 0 aromatic rings. The summed E-state index contributed by atoms with van der Waals surface area (Å²) in [4.78, 5) is 16.7. The van der Waals surface area contributed by atoms with Crippen LogP contribution in [-0.4, -0.2) is 25.7 Å². The smallest absolute Gasteiger partial charge is 0.225 e. The lowest BCUT2D eigenvalue weighted by atomic mass is 9.88. The van der Waals surface area contributed by atoms with Gasteiger partial charge in [0.1, 0.15) is 0 Å². The standard InChI is InChI=1S/C42H76N2O/c1-5-7-9-11-13-15-17-19-21-23-25-27-29-31-33-35-37-40(41(43-3)39-42(45)44-4)38-36-34-32-30-28-26-24-22-20-18-16-14-12-10-8-6-2/h13-16,19-22,40H,5-12,17-18,23-39H2,1-4H3,(H,44,45)/b15-13-,16-14-,21-19-,22-20-,43-41?. The summed E-state index contributed by atoms with van der Waals surface area (Å²) in [7, 11) is 3.61. The first-order chi connectivity index (χ1) is 22.2. The van der Waals surface area contributed by atoms with Crippen LogP contribution in [0, 0.1) is 5.92 Å². The predicted molar refractivity (Wildman–Crippen MR) is 203 cm³/mol. The first kappa shape index (κ1) is 43.1. The minimum Gasteiger partial charge on any atom is -0.359 e. The van der Waals surface area contributed by atoms with Crippen molar-refractivity contribution in [1.82, 2.24) is 5.32 Å². The molecule has 0 bridgehead atoms. The third kappa shape index (κ3) is 31.9. The lowest BCUT2D eigenvalue weighted by Gasteiger charge is -2.19. The maximum absolute atomic E-state index is 12.1. The predicted octanol–water partition coefficient (Wildman–Crippen LogP) is 13.2. The summed E-state index contributed by atoms with van der Waals surface area (Å²) >= 11 is 0. The minimum absolute atomic E-state index is 0.0923. The van der Waals surface area contributed by atoms with E-state index in [1.165, 1.54) is 154 Å². The van der Waals surface area contributed by atoms with E-state index in [1.807, 2.05) is 7.05 Å². The Morgan fingerprint density at radius 2 is 0.889 bits per heavy atom. The molecule has 0 saturated carbocycles. The lowest BCUT2D eigenvalue weighted by molar-refractivity contribution is -0.119. The van der Waals surface area contributed by atoms with Crippen LogP contribution in [0.5, 0.6) is 0 Å². The SMILES string of the molecule is CCCCC/C=C\C/C=C\CCCCCCCCC(CCCCCCCC/C=C\C/C=C\CCCCC)C(CC(=O)NC)=NC. The van der Waals surface area contributed by atoms with Crippen LogP contribution in [-0.2, 0) is 4.79 Å².